The maximum Gasteiger partial charge on any atom is 0.306 e. The average molecular weight is 327 g/mol. The third kappa shape index (κ3) is 4.32. The molecule has 1 aromatic carbocycles. The summed E-state index contributed by atoms with van der Waals surface area (Å²) in [5.74, 6) is -0.513. The van der Waals surface area contributed by atoms with Gasteiger partial charge in [0, 0.05) is 17.7 Å². The van der Waals surface area contributed by atoms with Crippen LogP contribution in [-0.2, 0) is 16.0 Å². The van der Waals surface area contributed by atoms with E-state index in [1.807, 2.05) is 24.3 Å². The fourth-order valence-corrected chi connectivity index (χ4v) is 3.03. The Kier molecular flexibility index (Phi) is 5.40. The molecule has 2 rings (SSSR count). The first-order chi connectivity index (χ1) is 9.16. The van der Waals surface area contributed by atoms with Gasteiger partial charge in [0.1, 0.15) is 0 Å². The zero-order chi connectivity index (χ0) is 13.7. The number of halogens is 1. The fourth-order valence-electron chi connectivity index (χ4n) is 2.59. The molecule has 0 spiro atoms. The molecule has 0 bridgehead atoms. The van der Waals surface area contributed by atoms with Gasteiger partial charge >= 0.3 is 5.97 Å². The molecule has 1 N–H and O–H groups in total. The monoisotopic (exact) mass is 326 g/mol. The fraction of sp³-hybridized carbons (Fsp3) is 0.533. The van der Waals surface area contributed by atoms with Gasteiger partial charge in [-0.1, -0.05) is 34.1 Å². The Bertz CT molecular complexity index is 427. The van der Waals surface area contributed by atoms with Crippen LogP contribution in [0, 0.1) is 11.8 Å². The summed E-state index contributed by atoms with van der Waals surface area (Å²) >= 11 is 3.49. The van der Waals surface area contributed by atoms with Gasteiger partial charge < -0.3 is 9.84 Å². The van der Waals surface area contributed by atoms with Gasteiger partial charge in [-0.25, -0.2) is 0 Å². The van der Waals surface area contributed by atoms with Gasteiger partial charge in [-0.2, -0.15) is 0 Å². The lowest BCUT2D eigenvalue weighted by Crippen LogP contribution is -2.24. The second-order valence-electron chi connectivity index (χ2n) is 5.12. The van der Waals surface area contributed by atoms with E-state index in [2.05, 4.69) is 15.9 Å². The minimum absolute atomic E-state index is 0.304. The first-order valence-corrected chi connectivity index (χ1v) is 7.50. The van der Waals surface area contributed by atoms with Crippen molar-refractivity contribution < 1.29 is 14.6 Å². The summed E-state index contributed by atoms with van der Waals surface area (Å²) in [6.07, 6.45) is 3.31. The Balaban J connectivity index is 2.00. The number of hydrogen-bond donors (Lipinski definition) is 1. The summed E-state index contributed by atoms with van der Waals surface area (Å²) in [5.41, 5.74) is 1.07. The Morgan fingerprint density at radius 1 is 1.37 bits per heavy atom. The van der Waals surface area contributed by atoms with Crippen LogP contribution in [0.1, 0.15) is 24.8 Å². The zero-order valence-corrected chi connectivity index (χ0v) is 12.4. The Labute approximate surface area is 122 Å². The summed E-state index contributed by atoms with van der Waals surface area (Å²) in [6, 6.07) is 7.85. The first kappa shape index (κ1) is 14.5. The van der Waals surface area contributed by atoms with Crippen LogP contribution in [0.5, 0.6) is 0 Å². The molecule has 1 heterocycles. The normalized spacial score (nSPS) is 18.2. The summed E-state index contributed by atoms with van der Waals surface area (Å²) in [5, 5.41) is 9.41. The summed E-state index contributed by atoms with van der Waals surface area (Å²) in [6.45, 7) is 1.54. The number of benzene rings is 1. The quantitative estimate of drug-likeness (QED) is 0.900. The highest BCUT2D eigenvalue weighted by atomic mass is 79.9. The molecule has 1 atom stereocenters. The number of hydrogen-bond acceptors (Lipinski definition) is 2. The van der Waals surface area contributed by atoms with Crippen molar-refractivity contribution in [1.82, 2.24) is 0 Å². The molecule has 1 fully saturated rings. The van der Waals surface area contributed by atoms with Gasteiger partial charge in [0.2, 0.25) is 0 Å². The molecule has 0 saturated carbocycles. The van der Waals surface area contributed by atoms with Gasteiger partial charge in [0.25, 0.3) is 0 Å². The number of aliphatic carboxylic acids is 1. The molecular formula is C15H19BrO3. The van der Waals surface area contributed by atoms with E-state index in [-0.39, 0.29) is 5.92 Å². The molecule has 0 aromatic heterocycles. The Morgan fingerprint density at radius 2 is 2.05 bits per heavy atom. The van der Waals surface area contributed by atoms with Crippen molar-refractivity contribution >= 4 is 21.9 Å². The molecule has 4 heteroatoms. The highest BCUT2D eigenvalue weighted by molar-refractivity contribution is 9.10. The van der Waals surface area contributed by atoms with Crippen LogP contribution in [0.25, 0.3) is 0 Å². The number of carboxylic acid groups (broad SMARTS) is 1. The second kappa shape index (κ2) is 7.06. The molecule has 1 aliphatic rings. The van der Waals surface area contributed by atoms with Gasteiger partial charge in [0.05, 0.1) is 5.92 Å². The average Bonchev–Trinajstić information content (AvgIpc) is 2.41. The summed E-state index contributed by atoms with van der Waals surface area (Å²) in [7, 11) is 0. The number of carboxylic acids is 1. The van der Waals surface area contributed by atoms with Crippen LogP contribution in [0.4, 0.5) is 0 Å². The minimum atomic E-state index is -0.692. The van der Waals surface area contributed by atoms with Crippen LogP contribution in [0.2, 0.25) is 0 Å². The molecule has 0 aliphatic carbocycles. The van der Waals surface area contributed by atoms with E-state index in [1.165, 1.54) is 0 Å². The minimum Gasteiger partial charge on any atom is -0.481 e. The highest BCUT2D eigenvalue weighted by Gasteiger charge is 2.24. The van der Waals surface area contributed by atoms with Crippen molar-refractivity contribution in [2.75, 3.05) is 13.2 Å². The molecule has 19 heavy (non-hydrogen) atoms. The van der Waals surface area contributed by atoms with Crippen molar-refractivity contribution in [3.05, 3.63) is 34.3 Å². The summed E-state index contributed by atoms with van der Waals surface area (Å²) in [4.78, 5) is 11.4. The molecule has 1 saturated heterocycles. The molecule has 1 aromatic rings. The van der Waals surface area contributed by atoms with Crippen LogP contribution in [-0.4, -0.2) is 24.3 Å². The SMILES string of the molecule is O=C(O)C(Cc1ccccc1Br)CC1CCOCC1. The van der Waals surface area contributed by atoms with Crippen LogP contribution >= 0.6 is 15.9 Å². The number of ether oxygens (including phenoxy) is 1. The van der Waals surface area contributed by atoms with E-state index < -0.39 is 5.97 Å². The molecule has 1 aliphatic heterocycles. The molecule has 3 nitrogen and oxygen atoms in total. The van der Waals surface area contributed by atoms with Crippen molar-refractivity contribution in [3.63, 3.8) is 0 Å². The lowest BCUT2D eigenvalue weighted by molar-refractivity contribution is -0.142. The Morgan fingerprint density at radius 3 is 2.68 bits per heavy atom. The molecular weight excluding hydrogens is 308 g/mol. The lowest BCUT2D eigenvalue weighted by Gasteiger charge is -2.25. The van der Waals surface area contributed by atoms with E-state index in [4.69, 9.17) is 4.74 Å². The maximum atomic E-state index is 11.4. The summed E-state index contributed by atoms with van der Waals surface area (Å²) < 4.78 is 6.32. The third-order valence-corrected chi connectivity index (χ3v) is 4.51. The first-order valence-electron chi connectivity index (χ1n) is 6.70. The smallest absolute Gasteiger partial charge is 0.306 e. The van der Waals surface area contributed by atoms with Crippen molar-refractivity contribution in [3.8, 4) is 0 Å². The van der Waals surface area contributed by atoms with Crippen LogP contribution < -0.4 is 0 Å². The molecule has 1 unspecified atom stereocenters. The Hall–Kier alpha value is -0.870. The highest BCUT2D eigenvalue weighted by Crippen LogP contribution is 2.27. The topological polar surface area (TPSA) is 46.5 Å². The van der Waals surface area contributed by atoms with Crippen LogP contribution in [0.3, 0.4) is 0 Å². The zero-order valence-electron chi connectivity index (χ0n) is 10.8. The van der Waals surface area contributed by atoms with Gasteiger partial charge in [0.15, 0.2) is 0 Å². The molecule has 104 valence electrons. The molecule has 0 radical (unpaired) electrons. The van der Waals surface area contributed by atoms with Gasteiger partial charge in [-0.3, -0.25) is 4.79 Å². The largest absolute Gasteiger partial charge is 0.481 e. The standard InChI is InChI=1S/C15H19BrO3/c16-14-4-2-1-3-12(14)10-13(15(17)18)9-11-5-7-19-8-6-11/h1-4,11,13H,5-10H2,(H,17,18). The predicted octanol–water partition coefficient (Wildman–Crippen LogP) is 3.51. The van der Waals surface area contributed by atoms with E-state index in [9.17, 15) is 9.90 Å². The third-order valence-electron chi connectivity index (χ3n) is 3.73. The van der Waals surface area contributed by atoms with Crippen LogP contribution in [0.15, 0.2) is 28.7 Å². The van der Waals surface area contributed by atoms with Crippen molar-refractivity contribution in [1.29, 1.82) is 0 Å². The molecule has 0 amide bonds. The van der Waals surface area contributed by atoms with Crippen molar-refractivity contribution in [2.24, 2.45) is 11.8 Å². The van der Waals surface area contributed by atoms with Crippen molar-refractivity contribution in [2.45, 2.75) is 25.7 Å². The van der Waals surface area contributed by atoms with E-state index in [0.29, 0.717) is 12.3 Å². The number of rotatable bonds is 5. The predicted molar refractivity (Wildman–Crippen MR) is 77.1 cm³/mol. The van der Waals surface area contributed by atoms with Gasteiger partial charge in [-0.15, -0.1) is 0 Å². The maximum absolute atomic E-state index is 11.4. The second-order valence-corrected chi connectivity index (χ2v) is 5.98. The van der Waals surface area contributed by atoms with Gasteiger partial charge in [-0.05, 0) is 43.2 Å². The van der Waals surface area contributed by atoms with E-state index in [0.717, 1.165) is 42.5 Å². The number of carbonyl (C=O) groups is 1. The van der Waals surface area contributed by atoms with E-state index >= 15 is 0 Å². The lowest BCUT2D eigenvalue weighted by atomic mass is 9.85. The van der Waals surface area contributed by atoms with E-state index in [1.54, 1.807) is 0 Å².